The van der Waals surface area contributed by atoms with Gasteiger partial charge in [-0.15, -0.1) is 24.0 Å². The van der Waals surface area contributed by atoms with Gasteiger partial charge in [0.25, 0.3) is 0 Å². The molecule has 1 aromatic carbocycles. The molecule has 120 valence electrons. The maximum atomic E-state index is 13.5. The maximum absolute atomic E-state index is 13.5. The average molecular weight is 409 g/mol. The number of halogens is 2. The second-order valence-corrected chi connectivity index (χ2v) is 4.53. The third kappa shape index (κ3) is 7.50. The molecule has 0 saturated heterocycles. The molecule has 4 nitrogen and oxygen atoms in total. The topological polar surface area (TPSA) is 45.7 Å². The Labute approximate surface area is 143 Å². The minimum atomic E-state index is -0.349. The molecule has 6 heteroatoms. The van der Waals surface area contributed by atoms with Gasteiger partial charge in [-0.1, -0.05) is 25.8 Å². The van der Waals surface area contributed by atoms with Crippen molar-refractivity contribution in [2.45, 2.75) is 32.7 Å². The van der Waals surface area contributed by atoms with Crippen LogP contribution in [0.15, 0.2) is 23.2 Å². The van der Waals surface area contributed by atoms with Crippen molar-refractivity contribution in [3.8, 4) is 5.75 Å². The van der Waals surface area contributed by atoms with E-state index in [9.17, 15) is 4.39 Å². The quantitative estimate of drug-likeness (QED) is 0.315. The van der Waals surface area contributed by atoms with Gasteiger partial charge >= 0.3 is 0 Å². The molecule has 0 aromatic heterocycles. The van der Waals surface area contributed by atoms with Crippen LogP contribution in [0.2, 0.25) is 0 Å². The zero-order chi connectivity index (χ0) is 14.8. The maximum Gasteiger partial charge on any atom is 0.191 e. The molecule has 1 rings (SSSR count). The van der Waals surface area contributed by atoms with Gasteiger partial charge < -0.3 is 15.4 Å². The molecule has 0 aliphatic heterocycles. The number of methoxy groups -OCH3 is 1. The number of hydrogen-bond acceptors (Lipinski definition) is 2. The lowest BCUT2D eigenvalue weighted by Gasteiger charge is -2.12. The van der Waals surface area contributed by atoms with Crippen molar-refractivity contribution in [3.05, 3.63) is 29.6 Å². The van der Waals surface area contributed by atoms with Crippen LogP contribution < -0.4 is 15.4 Å². The first-order valence-electron chi connectivity index (χ1n) is 6.98. The predicted octanol–water partition coefficient (Wildman–Crippen LogP) is 3.31. The smallest absolute Gasteiger partial charge is 0.191 e. The Morgan fingerprint density at radius 1 is 1.29 bits per heavy atom. The summed E-state index contributed by atoms with van der Waals surface area (Å²) in [5.74, 6) is 0.644. The fraction of sp³-hybridized carbons (Fsp3) is 0.533. The van der Waals surface area contributed by atoms with E-state index in [4.69, 9.17) is 4.74 Å². The molecule has 2 N–H and O–H groups in total. The largest absolute Gasteiger partial charge is 0.494 e. The summed E-state index contributed by atoms with van der Waals surface area (Å²) in [6.45, 7) is 3.59. The Kier molecular flexibility index (Phi) is 11.0. The summed E-state index contributed by atoms with van der Waals surface area (Å²) in [7, 11) is 3.18. The molecule has 0 aliphatic carbocycles. The van der Waals surface area contributed by atoms with Gasteiger partial charge in [-0.2, -0.15) is 0 Å². The lowest BCUT2D eigenvalue weighted by Crippen LogP contribution is -2.37. The molecule has 0 radical (unpaired) electrons. The minimum Gasteiger partial charge on any atom is -0.494 e. The summed E-state index contributed by atoms with van der Waals surface area (Å²) < 4.78 is 18.4. The molecule has 0 fully saturated rings. The van der Waals surface area contributed by atoms with Gasteiger partial charge in [0, 0.05) is 20.1 Å². The molecule has 0 bridgehead atoms. The predicted molar refractivity (Wildman–Crippen MR) is 96.1 cm³/mol. The van der Waals surface area contributed by atoms with Gasteiger partial charge in [-0.3, -0.25) is 4.99 Å². The highest BCUT2D eigenvalue weighted by Crippen LogP contribution is 2.17. The second kappa shape index (κ2) is 11.6. The molecule has 0 atom stereocenters. The fourth-order valence-electron chi connectivity index (χ4n) is 1.81. The van der Waals surface area contributed by atoms with Crippen molar-refractivity contribution < 1.29 is 9.13 Å². The molecule has 0 heterocycles. The van der Waals surface area contributed by atoms with Crippen LogP contribution in [-0.4, -0.2) is 26.7 Å². The highest BCUT2D eigenvalue weighted by atomic mass is 127. The van der Waals surface area contributed by atoms with Crippen LogP contribution in [0.5, 0.6) is 5.75 Å². The Morgan fingerprint density at radius 2 is 2.05 bits per heavy atom. The summed E-state index contributed by atoms with van der Waals surface area (Å²) in [6, 6.07) is 4.93. The number of nitrogens with zero attached hydrogens (tertiary/aromatic N) is 1. The van der Waals surface area contributed by atoms with Gasteiger partial charge in [-0.05, 0) is 24.1 Å². The molecule has 0 saturated carbocycles. The van der Waals surface area contributed by atoms with E-state index >= 15 is 0 Å². The van der Waals surface area contributed by atoms with Crippen LogP contribution >= 0.6 is 24.0 Å². The van der Waals surface area contributed by atoms with Crippen LogP contribution in [0, 0.1) is 5.82 Å². The standard InChI is InChI=1S/C15H24FN3O.HI/c1-4-5-6-9-18-15(17-2)19-11-12-7-8-14(20-3)13(16)10-12;/h7-8,10H,4-6,9,11H2,1-3H3,(H2,17,18,19);1H. The summed E-state index contributed by atoms with van der Waals surface area (Å²) in [5, 5.41) is 6.39. The zero-order valence-corrected chi connectivity index (χ0v) is 15.2. The van der Waals surface area contributed by atoms with Crippen molar-refractivity contribution in [1.29, 1.82) is 0 Å². The lowest BCUT2D eigenvalue weighted by molar-refractivity contribution is 0.386. The van der Waals surface area contributed by atoms with Crippen LogP contribution in [0.25, 0.3) is 0 Å². The first kappa shape index (κ1) is 19.9. The van der Waals surface area contributed by atoms with Crippen molar-refractivity contribution in [2.24, 2.45) is 4.99 Å². The van der Waals surface area contributed by atoms with Crippen LogP contribution in [-0.2, 0) is 6.54 Å². The van der Waals surface area contributed by atoms with E-state index in [1.807, 2.05) is 6.07 Å². The number of nitrogens with one attached hydrogen (secondary N) is 2. The monoisotopic (exact) mass is 409 g/mol. The van der Waals surface area contributed by atoms with Crippen LogP contribution in [0.3, 0.4) is 0 Å². The number of hydrogen-bond donors (Lipinski definition) is 2. The third-order valence-corrected chi connectivity index (χ3v) is 2.97. The van der Waals surface area contributed by atoms with E-state index in [1.54, 1.807) is 13.1 Å². The van der Waals surface area contributed by atoms with Crippen molar-refractivity contribution in [3.63, 3.8) is 0 Å². The summed E-state index contributed by atoms with van der Waals surface area (Å²) >= 11 is 0. The molecule has 21 heavy (non-hydrogen) atoms. The van der Waals surface area contributed by atoms with E-state index in [2.05, 4.69) is 22.5 Å². The Morgan fingerprint density at radius 3 is 2.62 bits per heavy atom. The van der Waals surface area contributed by atoms with Crippen molar-refractivity contribution >= 4 is 29.9 Å². The van der Waals surface area contributed by atoms with Gasteiger partial charge in [0.05, 0.1) is 7.11 Å². The van der Waals surface area contributed by atoms with Crippen LogP contribution in [0.1, 0.15) is 31.7 Å². The molecule has 0 spiro atoms. The van der Waals surface area contributed by atoms with Crippen molar-refractivity contribution in [2.75, 3.05) is 20.7 Å². The van der Waals surface area contributed by atoms with Gasteiger partial charge in [0.2, 0.25) is 0 Å². The van der Waals surface area contributed by atoms with Gasteiger partial charge in [-0.25, -0.2) is 4.39 Å². The number of rotatable bonds is 7. The number of ether oxygens (including phenoxy) is 1. The van der Waals surface area contributed by atoms with Crippen molar-refractivity contribution in [1.82, 2.24) is 10.6 Å². The summed E-state index contributed by atoms with van der Waals surface area (Å²) in [4.78, 5) is 4.13. The SMILES string of the molecule is CCCCCNC(=NC)NCc1ccc(OC)c(F)c1.I. The Balaban J connectivity index is 0.00000400. The first-order chi connectivity index (χ1) is 9.71. The number of unbranched alkanes of at least 4 members (excludes halogenated alkanes) is 2. The van der Waals surface area contributed by atoms with E-state index in [0.717, 1.165) is 24.5 Å². The highest BCUT2D eigenvalue weighted by Gasteiger charge is 2.04. The van der Waals surface area contributed by atoms with Gasteiger partial charge in [0.1, 0.15) is 0 Å². The Hall–Kier alpha value is -1.05. The molecule has 0 unspecified atom stereocenters. The molecular weight excluding hydrogens is 384 g/mol. The third-order valence-electron chi connectivity index (χ3n) is 2.97. The minimum absolute atomic E-state index is 0. The molecule has 0 amide bonds. The number of aliphatic imine (C=N–C) groups is 1. The molecular formula is C15H25FIN3O. The zero-order valence-electron chi connectivity index (χ0n) is 12.9. The number of guanidine groups is 1. The lowest BCUT2D eigenvalue weighted by atomic mass is 10.2. The fourth-order valence-corrected chi connectivity index (χ4v) is 1.81. The summed E-state index contributed by atoms with van der Waals surface area (Å²) in [6.07, 6.45) is 3.51. The van der Waals surface area contributed by atoms with Gasteiger partial charge in [0.15, 0.2) is 17.5 Å². The average Bonchev–Trinajstić information content (AvgIpc) is 2.46. The summed E-state index contributed by atoms with van der Waals surface area (Å²) in [5.41, 5.74) is 0.847. The molecule has 0 aliphatic rings. The first-order valence-corrected chi connectivity index (χ1v) is 6.98. The van der Waals surface area contributed by atoms with E-state index in [1.165, 1.54) is 26.0 Å². The van der Waals surface area contributed by atoms with E-state index < -0.39 is 0 Å². The highest BCUT2D eigenvalue weighted by molar-refractivity contribution is 14.0. The number of benzene rings is 1. The van der Waals surface area contributed by atoms with Crippen LogP contribution in [0.4, 0.5) is 4.39 Å². The van der Waals surface area contributed by atoms with E-state index in [0.29, 0.717) is 6.54 Å². The second-order valence-electron chi connectivity index (χ2n) is 4.53. The Bertz CT molecular complexity index is 441. The molecule has 1 aromatic rings. The van der Waals surface area contributed by atoms with E-state index in [-0.39, 0.29) is 35.5 Å². The normalized spacial score (nSPS) is 10.8.